The van der Waals surface area contributed by atoms with Crippen molar-refractivity contribution < 1.29 is 9.53 Å². The lowest BCUT2D eigenvalue weighted by molar-refractivity contribution is -0.121. The molecule has 0 atom stereocenters. The maximum Gasteiger partial charge on any atom is 0.170 e. The van der Waals surface area contributed by atoms with Crippen molar-refractivity contribution in [2.24, 2.45) is 0 Å². The van der Waals surface area contributed by atoms with Gasteiger partial charge in [0.2, 0.25) is 0 Å². The molecule has 1 rings (SSSR count). The molecule has 0 bridgehead atoms. The van der Waals surface area contributed by atoms with Crippen molar-refractivity contribution >= 4 is 17.4 Å². The molecule has 0 saturated carbocycles. The highest BCUT2D eigenvalue weighted by molar-refractivity contribution is 6.30. The molecule has 17 heavy (non-hydrogen) atoms. The minimum Gasteiger partial charge on any atom is -0.486 e. The Morgan fingerprint density at radius 3 is 2.53 bits per heavy atom. The van der Waals surface area contributed by atoms with Gasteiger partial charge < -0.3 is 4.74 Å². The molecule has 0 radical (unpaired) electrons. The summed E-state index contributed by atoms with van der Waals surface area (Å²) >= 11 is 5.75. The zero-order valence-corrected chi connectivity index (χ0v) is 11.0. The zero-order chi connectivity index (χ0) is 12.5. The van der Waals surface area contributed by atoms with Gasteiger partial charge in [-0.2, -0.15) is 0 Å². The van der Waals surface area contributed by atoms with Gasteiger partial charge in [0.25, 0.3) is 0 Å². The van der Waals surface area contributed by atoms with Crippen LogP contribution in [0.3, 0.4) is 0 Å². The van der Waals surface area contributed by atoms with E-state index in [1.54, 1.807) is 24.3 Å². The minimum atomic E-state index is 0.160. The summed E-state index contributed by atoms with van der Waals surface area (Å²) in [6.45, 7) is 2.32. The molecule has 0 aliphatic carbocycles. The van der Waals surface area contributed by atoms with Crippen molar-refractivity contribution in [1.82, 2.24) is 0 Å². The third kappa shape index (κ3) is 6.32. The van der Waals surface area contributed by atoms with Gasteiger partial charge in [0.1, 0.15) is 12.4 Å². The predicted molar refractivity (Wildman–Crippen MR) is 70.7 cm³/mol. The summed E-state index contributed by atoms with van der Waals surface area (Å²) in [6, 6.07) is 7.05. The minimum absolute atomic E-state index is 0.160. The van der Waals surface area contributed by atoms with Crippen molar-refractivity contribution in [3.8, 4) is 5.75 Å². The van der Waals surface area contributed by atoms with Crippen LogP contribution >= 0.6 is 11.6 Å². The molecule has 0 heterocycles. The van der Waals surface area contributed by atoms with E-state index in [4.69, 9.17) is 16.3 Å². The van der Waals surface area contributed by atoms with Crippen LogP contribution < -0.4 is 4.74 Å². The Labute approximate surface area is 108 Å². The molecule has 0 saturated heterocycles. The number of carbonyl (C=O) groups excluding carboxylic acids is 1. The van der Waals surface area contributed by atoms with Crippen molar-refractivity contribution in [3.05, 3.63) is 29.3 Å². The fourth-order valence-electron chi connectivity index (χ4n) is 1.52. The maximum atomic E-state index is 11.5. The van der Waals surface area contributed by atoms with Crippen molar-refractivity contribution in [2.45, 2.75) is 39.0 Å². The van der Waals surface area contributed by atoms with Gasteiger partial charge >= 0.3 is 0 Å². The molecule has 0 spiro atoms. The third-order valence-corrected chi connectivity index (χ3v) is 2.77. The fourth-order valence-corrected chi connectivity index (χ4v) is 1.64. The molecule has 0 aromatic heterocycles. The van der Waals surface area contributed by atoms with Crippen LogP contribution in [0.1, 0.15) is 39.0 Å². The quantitative estimate of drug-likeness (QED) is 0.648. The van der Waals surface area contributed by atoms with E-state index in [1.165, 1.54) is 12.8 Å². The molecule has 0 aliphatic rings. The normalized spacial score (nSPS) is 10.2. The number of carbonyl (C=O) groups is 1. The zero-order valence-electron chi connectivity index (χ0n) is 10.2. The van der Waals surface area contributed by atoms with E-state index in [2.05, 4.69) is 6.92 Å². The van der Waals surface area contributed by atoms with Crippen molar-refractivity contribution in [1.29, 1.82) is 0 Å². The lowest BCUT2D eigenvalue weighted by Crippen LogP contribution is -2.10. The first kappa shape index (κ1) is 14.0. The molecule has 2 nitrogen and oxygen atoms in total. The van der Waals surface area contributed by atoms with Crippen LogP contribution in [0.15, 0.2) is 24.3 Å². The molecule has 0 unspecified atom stereocenters. The van der Waals surface area contributed by atoms with Gasteiger partial charge in [-0.05, 0) is 30.7 Å². The average molecular weight is 255 g/mol. The van der Waals surface area contributed by atoms with Crippen LogP contribution in [-0.2, 0) is 4.79 Å². The highest BCUT2D eigenvalue weighted by atomic mass is 35.5. The first-order valence-corrected chi connectivity index (χ1v) is 6.50. The van der Waals surface area contributed by atoms with Crippen LogP contribution in [0.2, 0.25) is 5.02 Å². The second kappa shape index (κ2) is 8.13. The number of hydrogen-bond acceptors (Lipinski definition) is 2. The molecule has 0 fully saturated rings. The van der Waals surface area contributed by atoms with E-state index in [0.717, 1.165) is 12.8 Å². The predicted octanol–water partition coefficient (Wildman–Crippen LogP) is 4.26. The largest absolute Gasteiger partial charge is 0.486 e. The van der Waals surface area contributed by atoms with Gasteiger partial charge in [0.05, 0.1) is 0 Å². The molecule has 0 aliphatic heterocycles. The second-order valence-electron chi connectivity index (χ2n) is 4.09. The van der Waals surface area contributed by atoms with E-state index in [0.29, 0.717) is 17.2 Å². The summed E-state index contributed by atoms with van der Waals surface area (Å²) < 4.78 is 5.37. The number of Topliss-reactive ketones (excluding diaryl/α,β-unsaturated/α-hetero) is 1. The van der Waals surface area contributed by atoms with Gasteiger partial charge in [-0.25, -0.2) is 0 Å². The molecular weight excluding hydrogens is 236 g/mol. The number of ketones is 1. The monoisotopic (exact) mass is 254 g/mol. The van der Waals surface area contributed by atoms with Gasteiger partial charge in [0.15, 0.2) is 5.78 Å². The van der Waals surface area contributed by atoms with Gasteiger partial charge in [-0.15, -0.1) is 0 Å². The fraction of sp³-hybridized carbons (Fsp3) is 0.500. The average Bonchev–Trinajstić information content (AvgIpc) is 2.34. The smallest absolute Gasteiger partial charge is 0.170 e. The highest BCUT2D eigenvalue weighted by Gasteiger charge is 2.03. The number of benzene rings is 1. The molecule has 0 N–H and O–H groups in total. The molecule has 1 aromatic carbocycles. The number of rotatable bonds is 8. The Kier molecular flexibility index (Phi) is 6.71. The Morgan fingerprint density at radius 2 is 1.88 bits per heavy atom. The summed E-state index contributed by atoms with van der Waals surface area (Å²) in [4.78, 5) is 11.5. The standard InChI is InChI=1S/C14H19ClO2/c1-2-3-4-5-6-13(16)11-17-14-9-7-12(15)8-10-14/h7-10H,2-6,11H2,1H3. The van der Waals surface area contributed by atoms with E-state index >= 15 is 0 Å². The van der Waals surface area contributed by atoms with Gasteiger partial charge in [0, 0.05) is 11.4 Å². The molecular formula is C14H19ClO2. The van der Waals surface area contributed by atoms with Crippen molar-refractivity contribution in [3.63, 3.8) is 0 Å². The van der Waals surface area contributed by atoms with Crippen molar-refractivity contribution in [2.75, 3.05) is 6.61 Å². The van der Waals surface area contributed by atoms with Crippen LogP contribution in [0, 0.1) is 0 Å². The lowest BCUT2D eigenvalue weighted by atomic mass is 10.1. The van der Waals surface area contributed by atoms with Gasteiger partial charge in [-0.3, -0.25) is 4.79 Å². The Balaban J connectivity index is 2.17. The van der Waals surface area contributed by atoms with Crippen LogP contribution in [0.4, 0.5) is 0 Å². The first-order chi connectivity index (χ1) is 8.22. The summed E-state index contributed by atoms with van der Waals surface area (Å²) in [5.74, 6) is 0.854. The SMILES string of the molecule is CCCCCCC(=O)COc1ccc(Cl)cc1. The summed E-state index contributed by atoms with van der Waals surface area (Å²) in [5, 5.41) is 0.670. The van der Waals surface area contributed by atoms with Gasteiger partial charge in [-0.1, -0.05) is 37.8 Å². The number of unbranched alkanes of at least 4 members (excludes halogenated alkanes) is 3. The number of ether oxygens (including phenoxy) is 1. The van der Waals surface area contributed by atoms with E-state index < -0.39 is 0 Å². The molecule has 0 amide bonds. The highest BCUT2D eigenvalue weighted by Crippen LogP contribution is 2.15. The Bertz CT molecular complexity index is 333. The lowest BCUT2D eigenvalue weighted by Gasteiger charge is -2.05. The number of hydrogen-bond donors (Lipinski definition) is 0. The van der Waals surface area contributed by atoms with Crippen LogP contribution in [-0.4, -0.2) is 12.4 Å². The Hall–Kier alpha value is -1.02. The van der Waals surface area contributed by atoms with E-state index in [-0.39, 0.29) is 12.4 Å². The number of halogens is 1. The molecule has 1 aromatic rings. The van der Waals surface area contributed by atoms with Crippen LogP contribution in [0.25, 0.3) is 0 Å². The van der Waals surface area contributed by atoms with Crippen LogP contribution in [0.5, 0.6) is 5.75 Å². The molecule has 94 valence electrons. The van der Waals surface area contributed by atoms with E-state index in [1.807, 2.05) is 0 Å². The summed E-state index contributed by atoms with van der Waals surface area (Å²) in [5.41, 5.74) is 0. The third-order valence-electron chi connectivity index (χ3n) is 2.52. The first-order valence-electron chi connectivity index (χ1n) is 6.12. The molecule has 3 heteroatoms. The maximum absolute atomic E-state index is 11.5. The van der Waals surface area contributed by atoms with E-state index in [9.17, 15) is 4.79 Å². The summed E-state index contributed by atoms with van der Waals surface area (Å²) in [6.07, 6.45) is 5.11. The Morgan fingerprint density at radius 1 is 1.18 bits per heavy atom. The topological polar surface area (TPSA) is 26.3 Å². The summed E-state index contributed by atoms with van der Waals surface area (Å²) in [7, 11) is 0. The second-order valence-corrected chi connectivity index (χ2v) is 4.53.